The van der Waals surface area contributed by atoms with Gasteiger partial charge in [0.25, 0.3) is 11.7 Å². The Hall–Kier alpha value is -3.06. The van der Waals surface area contributed by atoms with Crippen LogP contribution in [0.4, 0.5) is 5.69 Å². The molecule has 1 aromatic heterocycles. The minimum Gasteiger partial charge on any atom is -0.507 e. The number of aryl methyl sites for hydroxylation is 1. The number of pyridine rings is 1. The van der Waals surface area contributed by atoms with Gasteiger partial charge in [-0.2, -0.15) is 0 Å². The van der Waals surface area contributed by atoms with Crippen LogP contribution in [0.15, 0.2) is 60.3 Å². The highest BCUT2D eigenvalue weighted by molar-refractivity contribution is 6.52. The molecule has 2 aromatic carbocycles. The first-order valence-electron chi connectivity index (χ1n) is 9.76. The van der Waals surface area contributed by atoms with Crippen LogP contribution in [0.2, 0.25) is 15.1 Å². The molecule has 0 spiro atoms. The quantitative estimate of drug-likeness (QED) is 0.269. The average Bonchev–Trinajstić information content (AvgIpc) is 3.06. The lowest BCUT2D eigenvalue weighted by Crippen LogP contribution is -2.30. The maximum atomic E-state index is 13.2. The van der Waals surface area contributed by atoms with Crippen LogP contribution in [-0.4, -0.2) is 28.9 Å². The Kier molecular flexibility index (Phi) is 6.34. The number of amides is 1. The van der Waals surface area contributed by atoms with E-state index in [2.05, 4.69) is 4.98 Å². The Morgan fingerprint density at radius 3 is 2.36 bits per heavy atom. The molecule has 0 bridgehead atoms. The lowest BCUT2D eigenvalue weighted by Gasteiger charge is -2.26. The van der Waals surface area contributed by atoms with Gasteiger partial charge in [-0.25, -0.2) is 0 Å². The van der Waals surface area contributed by atoms with Crippen molar-refractivity contribution >= 4 is 57.9 Å². The number of rotatable bonds is 4. The number of halogens is 3. The van der Waals surface area contributed by atoms with Gasteiger partial charge in [-0.15, -0.1) is 0 Å². The Bertz CT molecular complexity index is 1290. The molecule has 0 aliphatic carbocycles. The molecular weight excluding hydrogens is 487 g/mol. The molecule has 1 saturated heterocycles. The molecule has 1 amide bonds. The van der Waals surface area contributed by atoms with Crippen molar-refractivity contribution in [1.29, 1.82) is 0 Å². The highest BCUT2D eigenvalue weighted by Gasteiger charge is 2.48. The molecular formula is C24H17Cl3N2O4. The van der Waals surface area contributed by atoms with Gasteiger partial charge in [0.15, 0.2) is 5.75 Å². The molecule has 1 unspecified atom stereocenters. The molecule has 3 aromatic rings. The van der Waals surface area contributed by atoms with Crippen LogP contribution in [0.3, 0.4) is 0 Å². The zero-order chi connectivity index (χ0) is 23.9. The van der Waals surface area contributed by atoms with E-state index in [9.17, 15) is 14.7 Å². The van der Waals surface area contributed by atoms with Crippen LogP contribution >= 0.6 is 34.8 Å². The van der Waals surface area contributed by atoms with Gasteiger partial charge >= 0.3 is 0 Å². The summed E-state index contributed by atoms with van der Waals surface area (Å²) in [4.78, 5) is 32.1. The van der Waals surface area contributed by atoms with E-state index in [1.165, 1.54) is 24.1 Å². The molecule has 9 heteroatoms. The van der Waals surface area contributed by atoms with Crippen LogP contribution in [0.25, 0.3) is 5.76 Å². The standard InChI is InChI=1S/C24H17Cl3N2O4/c1-12-6-7-14(25)11-18(12)29-20(17-5-3-4-8-28-17)19(22(31)24(29)32)21(30)13-9-15(26)23(33-2)16(27)10-13/h3-11,20,30H,1-2H3/b21-19+. The zero-order valence-corrected chi connectivity index (χ0v) is 19.7. The number of benzene rings is 2. The number of aliphatic hydroxyl groups is 1. The van der Waals surface area contributed by atoms with E-state index in [0.29, 0.717) is 16.4 Å². The van der Waals surface area contributed by atoms with E-state index in [-0.39, 0.29) is 26.9 Å². The molecule has 1 aliphatic heterocycles. The summed E-state index contributed by atoms with van der Waals surface area (Å²) >= 11 is 18.7. The third kappa shape index (κ3) is 4.06. The van der Waals surface area contributed by atoms with Gasteiger partial charge in [-0.1, -0.05) is 46.9 Å². The monoisotopic (exact) mass is 502 g/mol. The van der Waals surface area contributed by atoms with Gasteiger partial charge in [0.1, 0.15) is 11.8 Å². The van der Waals surface area contributed by atoms with Crippen molar-refractivity contribution in [2.75, 3.05) is 12.0 Å². The highest BCUT2D eigenvalue weighted by Crippen LogP contribution is 2.44. The van der Waals surface area contributed by atoms with E-state index in [1.807, 2.05) is 0 Å². The second-order valence-electron chi connectivity index (χ2n) is 7.33. The fraction of sp³-hybridized carbons (Fsp3) is 0.125. The largest absolute Gasteiger partial charge is 0.507 e. The molecule has 0 radical (unpaired) electrons. The predicted molar refractivity (Wildman–Crippen MR) is 128 cm³/mol. The van der Waals surface area contributed by atoms with Gasteiger partial charge in [-0.05, 0) is 48.9 Å². The normalized spacial score (nSPS) is 17.5. The number of hydrogen-bond acceptors (Lipinski definition) is 5. The molecule has 2 heterocycles. The summed E-state index contributed by atoms with van der Waals surface area (Å²) in [6.45, 7) is 1.80. The van der Waals surface area contributed by atoms with Crippen molar-refractivity contribution in [2.45, 2.75) is 13.0 Å². The molecule has 6 nitrogen and oxygen atoms in total. The van der Waals surface area contributed by atoms with Gasteiger partial charge in [0, 0.05) is 22.5 Å². The van der Waals surface area contributed by atoms with Gasteiger partial charge < -0.3 is 9.84 Å². The van der Waals surface area contributed by atoms with Gasteiger partial charge in [0.05, 0.1) is 28.4 Å². The molecule has 1 N–H and O–H groups in total. The number of aromatic nitrogens is 1. The molecule has 168 valence electrons. The van der Waals surface area contributed by atoms with Crippen LogP contribution in [0.1, 0.15) is 22.9 Å². The number of Topliss-reactive ketones (excluding diaryl/α,β-unsaturated/α-hetero) is 1. The highest BCUT2D eigenvalue weighted by atomic mass is 35.5. The van der Waals surface area contributed by atoms with E-state index in [0.717, 1.165) is 5.56 Å². The van der Waals surface area contributed by atoms with Gasteiger partial charge in [-0.3, -0.25) is 19.5 Å². The first-order valence-corrected chi connectivity index (χ1v) is 10.9. The second kappa shape index (κ2) is 9.06. The number of nitrogens with zero attached hydrogens (tertiary/aromatic N) is 2. The first kappa shape index (κ1) is 23.1. The summed E-state index contributed by atoms with van der Waals surface area (Å²) in [5, 5.41) is 11.9. The summed E-state index contributed by atoms with van der Waals surface area (Å²) in [5.41, 5.74) is 1.56. The summed E-state index contributed by atoms with van der Waals surface area (Å²) in [5.74, 6) is -1.89. The SMILES string of the molecule is COc1c(Cl)cc(/C(O)=C2\C(=O)C(=O)N(c3cc(Cl)ccc3C)C2c2ccccn2)cc1Cl. The number of carbonyl (C=O) groups is 2. The van der Waals surface area contributed by atoms with Crippen molar-refractivity contribution < 1.29 is 19.4 Å². The molecule has 1 atom stereocenters. The fourth-order valence-corrected chi connectivity index (χ4v) is 4.60. The molecule has 0 saturated carbocycles. The Labute approximate surface area is 205 Å². The van der Waals surface area contributed by atoms with Crippen molar-refractivity contribution in [3.05, 3.63) is 92.2 Å². The Balaban J connectivity index is 1.98. The van der Waals surface area contributed by atoms with E-state index in [1.54, 1.807) is 49.5 Å². The maximum absolute atomic E-state index is 13.2. The molecule has 1 fully saturated rings. The lowest BCUT2D eigenvalue weighted by atomic mass is 9.98. The topological polar surface area (TPSA) is 79.7 Å². The van der Waals surface area contributed by atoms with Gasteiger partial charge in [0.2, 0.25) is 0 Å². The number of ketones is 1. The van der Waals surface area contributed by atoms with Crippen LogP contribution < -0.4 is 9.64 Å². The lowest BCUT2D eigenvalue weighted by molar-refractivity contribution is -0.132. The number of hydrogen-bond donors (Lipinski definition) is 1. The third-order valence-electron chi connectivity index (χ3n) is 5.32. The fourth-order valence-electron chi connectivity index (χ4n) is 3.79. The zero-order valence-electron chi connectivity index (χ0n) is 17.5. The second-order valence-corrected chi connectivity index (χ2v) is 8.58. The van der Waals surface area contributed by atoms with Crippen molar-refractivity contribution in [1.82, 2.24) is 4.98 Å². The summed E-state index contributed by atoms with van der Waals surface area (Å²) in [7, 11) is 1.41. The van der Waals surface area contributed by atoms with E-state index in [4.69, 9.17) is 39.5 Å². The van der Waals surface area contributed by atoms with Crippen LogP contribution in [0, 0.1) is 6.92 Å². The molecule has 4 rings (SSSR count). The maximum Gasteiger partial charge on any atom is 0.300 e. The summed E-state index contributed by atoms with van der Waals surface area (Å²) in [6, 6.07) is 12.0. The number of anilines is 1. The predicted octanol–water partition coefficient (Wildman–Crippen LogP) is 5.99. The molecule has 1 aliphatic rings. The number of ether oxygens (including phenoxy) is 1. The van der Waals surface area contributed by atoms with Crippen molar-refractivity contribution in [2.24, 2.45) is 0 Å². The summed E-state index contributed by atoms with van der Waals surface area (Å²) < 4.78 is 5.15. The summed E-state index contributed by atoms with van der Waals surface area (Å²) in [6.07, 6.45) is 1.54. The van der Waals surface area contributed by atoms with Crippen molar-refractivity contribution in [3.63, 3.8) is 0 Å². The third-order valence-corrected chi connectivity index (χ3v) is 6.12. The Morgan fingerprint density at radius 1 is 1.06 bits per heavy atom. The number of aliphatic hydroxyl groups excluding tert-OH is 1. The molecule has 33 heavy (non-hydrogen) atoms. The van der Waals surface area contributed by atoms with Crippen molar-refractivity contribution in [3.8, 4) is 5.75 Å². The van der Waals surface area contributed by atoms with E-state index < -0.39 is 23.5 Å². The van der Waals surface area contributed by atoms with Crippen LogP contribution in [0.5, 0.6) is 5.75 Å². The van der Waals surface area contributed by atoms with Crippen LogP contribution in [-0.2, 0) is 9.59 Å². The van der Waals surface area contributed by atoms with E-state index >= 15 is 0 Å². The number of carbonyl (C=O) groups excluding carboxylic acids is 2. The Morgan fingerprint density at radius 2 is 1.76 bits per heavy atom. The minimum absolute atomic E-state index is 0.140. The number of methoxy groups -OCH3 is 1. The smallest absolute Gasteiger partial charge is 0.300 e. The minimum atomic E-state index is -0.997. The average molecular weight is 504 g/mol. The first-order chi connectivity index (χ1) is 15.7.